The molecule has 2 heterocycles. The fourth-order valence-electron chi connectivity index (χ4n) is 4.31. The Morgan fingerprint density at radius 3 is 1.94 bits per heavy atom. The van der Waals surface area contributed by atoms with E-state index in [0.717, 1.165) is 33.5 Å². The average Bonchev–Trinajstić information content (AvgIpc) is 2.82. The maximum absolute atomic E-state index is 11.4. The van der Waals surface area contributed by atoms with Crippen LogP contribution in [0, 0.1) is 5.92 Å². The summed E-state index contributed by atoms with van der Waals surface area (Å²) in [5.74, 6) is -0.126. The van der Waals surface area contributed by atoms with Crippen LogP contribution in [0.1, 0.15) is 22.9 Å². The molecule has 2 aliphatic rings. The van der Waals surface area contributed by atoms with E-state index in [1.807, 2.05) is 24.3 Å². The first kappa shape index (κ1) is 22.4. The Balaban J connectivity index is 1.52. The lowest BCUT2D eigenvalue weighted by Gasteiger charge is -2.31. The minimum atomic E-state index is -4.28. The van der Waals surface area contributed by atoms with Gasteiger partial charge >= 0.3 is 0 Å². The van der Waals surface area contributed by atoms with Crippen LogP contribution in [0.4, 0.5) is 0 Å². The number of hydrogen-bond donors (Lipinski definition) is 2. The number of aromatic nitrogens is 1. The second-order valence-electron chi connectivity index (χ2n) is 7.91. The van der Waals surface area contributed by atoms with Crippen molar-refractivity contribution in [3.8, 4) is 11.1 Å². The molecule has 0 saturated heterocycles. The van der Waals surface area contributed by atoms with E-state index < -0.39 is 20.2 Å². The lowest BCUT2D eigenvalue weighted by atomic mass is 9.78. The summed E-state index contributed by atoms with van der Waals surface area (Å²) in [7, 11) is -8.55. The second kappa shape index (κ2) is 8.10. The van der Waals surface area contributed by atoms with Gasteiger partial charge in [0.25, 0.3) is 20.2 Å². The zero-order valence-corrected chi connectivity index (χ0v) is 19.1. The number of allylic oxidation sites excluding steroid dienone is 1. The Bertz CT molecular complexity index is 1590. The number of nitrogens with zero attached hydrogens (tertiary/aromatic N) is 2. The molecule has 10 heteroatoms. The van der Waals surface area contributed by atoms with Gasteiger partial charge in [0.15, 0.2) is 0 Å². The van der Waals surface area contributed by atoms with Gasteiger partial charge in [-0.1, -0.05) is 36.4 Å². The van der Waals surface area contributed by atoms with Crippen LogP contribution in [0.5, 0.6) is 0 Å². The quantitative estimate of drug-likeness (QED) is 0.522. The van der Waals surface area contributed by atoms with Crippen molar-refractivity contribution in [3.05, 3.63) is 89.8 Å². The van der Waals surface area contributed by atoms with Gasteiger partial charge in [0.1, 0.15) is 6.04 Å². The molecule has 34 heavy (non-hydrogen) atoms. The van der Waals surface area contributed by atoms with Gasteiger partial charge in [-0.05, 0) is 58.7 Å². The van der Waals surface area contributed by atoms with Crippen LogP contribution < -0.4 is 0 Å². The molecule has 8 nitrogen and oxygen atoms in total. The van der Waals surface area contributed by atoms with Crippen LogP contribution in [-0.2, 0) is 20.2 Å². The first-order valence-electron chi connectivity index (χ1n) is 10.2. The highest BCUT2D eigenvalue weighted by Gasteiger charge is 2.33. The Hall–Kier alpha value is -3.44. The summed E-state index contributed by atoms with van der Waals surface area (Å²) in [5, 5.41) is 0. The van der Waals surface area contributed by atoms with Gasteiger partial charge in [0.2, 0.25) is 0 Å². The molecular formula is C24H18N2O6S2. The molecule has 1 aliphatic heterocycles. The van der Waals surface area contributed by atoms with Crippen LogP contribution >= 0.6 is 0 Å². The smallest absolute Gasteiger partial charge is 0.282 e. The third-order valence-electron chi connectivity index (χ3n) is 5.92. The van der Waals surface area contributed by atoms with Gasteiger partial charge in [-0.15, -0.1) is 0 Å². The van der Waals surface area contributed by atoms with Gasteiger partial charge in [-0.3, -0.25) is 19.1 Å². The number of dihydropyridines is 1. The van der Waals surface area contributed by atoms with Crippen molar-refractivity contribution in [1.29, 1.82) is 0 Å². The number of hydrogen-bond acceptors (Lipinski definition) is 6. The van der Waals surface area contributed by atoms with E-state index >= 15 is 0 Å². The summed E-state index contributed by atoms with van der Waals surface area (Å²) in [5.41, 5.74) is 4.99. The largest absolute Gasteiger partial charge is 0.294 e. The highest BCUT2D eigenvalue weighted by molar-refractivity contribution is 7.86. The number of fused-ring (bicyclic) bond motifs is 3. The third-order valence-corrected chi connectivity index (χ3v) is 7.66. The van der Waals surface area contributed by atoms with E-state index in [1.165, 1.54) is 24.3 Å². The maximum Gasteiger partial charge on any atom is 0.294 e. The molecule has 0 fully saturated rings. The van der Waals surface area contributed by atoms with E-state index in [0.29, 0.717) is 0 Å². The van der Waals surface area contributed by atoms with E-state index in [4.69, 9.17) is 0 Å². The Labute approximate surface area is 196 Å². The monoisotopic (exact) mass is 494 g/mol. The molecule has 2 N–H and O–H groups in total. The van der Waals surface area contributed by atoms with Crippen molar-refractivity contribution in [3.63, 3.8) is 0 Å². The second-order valence-corrected chi connectivity index (χ2v) is 10.7. The Morgan fingerprint density at radius 1 is 0.765 bits per heavy atom. The average molecular weight is 495 g/mol. The molecule has 1 aliphatic carbocycles. The van der Waals surface area contributed by atoms with Crippen LogP contribution in [0.25, 0.3) is 22.8 Å². The number of aliphatic imine (C=N–C) groups is 1. The lowest BCUT2D eigenvalue weighted by Crippen LogP contribution is -2.20. The summed E-state index contributed by atoms with van der Waals surface area (Å²) in [6, 6.07) is 13.5. The fourth-order valence-corrected chi connectivity index (χ4v) is 5.27. The molecular weight excluding hydrogens is 476 g/mol. The minimum Gasteiger partial charge on any atom is -0.282 e. The van der Waals surface area contributed by atoms with Gasteiger partial charge in [-0.2, -0.15) is 16.8 Å². The van der Waals surface area contributed by atoms with E-state index in [-0.39, 0.29) is 21.8 Å². The molecule has 1 aromatic heterocycles. The third kappa shape index (κ3) is 4.01. The van der Waals surface area contributed by atoms with Crippen molar-refractivity contribution in [1.82, 2.24) is 4.98 Å². The predicted molar refractivity (Wildman–Crippen MR) is 127 cm³/mol. The van der Waals surface area contributed by atoms with Crippen LogP contribution in [0.15, 0.2) is 87.7 Å². The summed E-state index contributed by atoms with van der Waals surface area (Å²) in [4.78, 5) is 8.87. The fraction of sp³-hybridized carbons (Fsp3) is 0.0833. The van der Waals surface area contributed by atoms with Crippen molar-refractivity contribution < 1.29 is 25.9 Å². The molecule has 2 aromatic carbocycles. The van der Waals surface area contributed by atoms with Crippen molar-refractivity contribution in [2.75, 3.05) is 0 Å². The summed E-state index contributed by atoms with van der Waals surface area (Å²) < 4.78 is 63.9. The highest BCUT2D eigenvalue weighted by Crippen LogP contribution is 2.45. The zero-order chi connectivity index (χ0) is 24.1. The molecule has 5 rings (SSSR count). The summed E-state index contributed by atoms with van der Waals surface area (Å²) in [6.45, 7) is 0. The molecule has 3 aromatic rings. The number of pyridine rings is 1. The summed E-state index contributed by atoms with van der Waals surface area (Å²) in [6.07, 6.45) is 9.22. The molecule has 2 atom stereocenters. The highest BCUT2D eigenvalue weighted by atomic mass is 32.2. The van der Waals surface area contributed by atoms with Gasteiger partial charge in [0.05, 0.1) is 15.5 Å². The molecule has 0 spiro atoms. The van der Waals surface area contributed by atoms with E-state index in [2.05, 4.69) is 9.98 Å². The van der Waals surface area contributed by atoms with E-state index in [1.54, 1.807) is 36.7 Å². The zero-order valence-electron chi connectivity index (χ0n) is 17.5. The van der Waals surface area contributed by atoms with Gasteiger partial charge < -0.3 is 0 Å². The first-order valence-corrected chi connectivity index (χ1v) is 13.1. The predicted octanol–water partition coefficient (Wildman–Crippen LogP) is 4.09. The number of rotatable bonds is 4. The van der Waals surface area contributed by atoms with Crippen LogP contribution in [-0.4, -0.2) is 37.1 Å². The SMILES string of the molecule is O=S(=O)(O)c1ccc(C2=CC=N[C@H]3c4nccc(-c5ccc(S(=O)(=O)O)cc5)c4C=C[C@H]23)cc1. The number of benzene rings is 2. The van der Waals surface area contributed by atoms with Crippen LogP contribution in [0.2, 0.25) is 0 Å². The Kier molecular flexibility index (Phi) is 5.33. The Morgan fingerprint density at radius 2 is 1.35 bits per heavy atom. The molecule has 0 radical (unpaired) electrons. The first-order chi connectivity index (χ1) is 16.1. The molecule has 0 unspecified atom stereocenters. The molecule has 0 amide bonds. The maximum atomic E-state index is 11.4. The standard InChI is InChI=1S/C24H18N2O6S2/c27-33(28,29)17-5-1-15(2-6-17)19-11-13-25-23-21(19)9-10-22-20(12-14-26-24(22)23)16-3-7-18(8-4-16)34(30,31)32/h1-14,21,23H,(H,27,28,29)(H,30,31,32)/t21-,23-/m1/s1. The van der Waals surface area contributed by atoms with Gasteiger partial charge in [-0.25, -0.2) is 0 Å². The van der Waals surface area contributed by atoms with E-state index in [9.17, 15) is 25.9 Å². The molecule has 172 valence electrons. The molecule has 0 bridgehead atoms. The summed E-state index contributed by atoms with van der Waals surface area (Å²) >= 11 is 0. The van der Waals surface area contributed by atoms with Crippen molar-refractivity contribution in [2.24, 2.45) is 10.9 Å². The molecule has 0 saturated carbocycles. The van der Waals surface area contributed by atoms with Crippen LogP contribution in [0.3, 0.4) is 0 Å². The van der Waals surface area contributed by atoms with Crippen molar-refractivity contribution >= 4 is 38.1 Å². The minimum absolute atomic E-state index is 0.126. The lowest BCUT2D eigenvalue weighted by molar-refractivity contribution is 0.481. The van der Waals surface area contributed by atoms with Crippen molar-refractivity contribution in [2.45, 2.75) is 15.8 Å². The topological polar surface area (TPSA) is 134 Å². The van der Waals surface area contributed by atoms with Gasteiger partial charge in [0, 0.05) is 23.9 Å². The normalized spacial score (nSPS) is 19.3.